The quantitative estimate of drug-likeness (QED) is 0.448. The van der Waals surface area contributed by atoms with Gasteiger partial charge in [0.15, 0.2) is 0 Å². The van der Waals surface area contributed by atoms with E-state index in [2.05, 4.69) is 0 Å². The lowest BCUT2D eigenvalue weighted by Gasteiger charge is -2.03. The highest BCUT2D eigenvalue weighted by atomic mass is 19.2. The van der Waals surface area contributed by atoms with Gasteiger partial charge in [-0.1, -0.05) is 0 Å². The van der Waals surface area contributed by atoms with E-state index in [0.717, 1.165) is 5.54 Å². The minimum Gasteiger partial charge on any atom is -0.480 e. The van der Waals surface area contributed by atoms with E-state index < -0.39 is 12.0 Å². The number of hydrogen-bond acceptors (Lipinski definition) is 3. The van der Waals surface area contributed by atoms with Crippen LogP contribution in [0.25, 0.3) is 0 Å². The smallest absolute Gasteiger partial charge is 0.323 e. The molecule has 0 aromatic carbocycles. The Kier molecular flexibility index (Phi) is 3.90. The molecular formula is C4H8FNO3. The predicted octanol–water partition coefficient (Wildman–Crippen LogP) is -0.704. The maximum Gasteiger partial charge on any atom is 0.323 e. The highest BCUT2D eigenvalue weighted by Gasteiger charge is 2.14. The molecule has 0 aliphatic carbocycles. The molecular weight excluding hydrogens is 129 g/mol. The summed E-state index contributed by atoms with van der Waals surface area (Å²) in [6.07, 6.45) is -0.119. The predicted molar refractivity (Wildman–Crippen MR) is 27.4 cm³/mol. The zero-order chi connectivity index (χ0) is 7.28. The van der Waals surface area contributed by atoms with Gasteiger partial charge in [-0.2, -0.15) is 0 Å². The Morgan fingerprint density at radius 3 is 2.44 bits per heavy atom. The van der Waals surface area contributed by atoms with Gasteiger partial charge >= 0.3 is 5.97 Å². The molecule has 0 amide bonds. The molecule has 0 rings (SSSR count). The van der Waals surface area contributed by atoms with Gasteiger partial charge in [0.2, 0.25) is 0 Å². The number of aliphatic hydroxyl groups excluding tert-OH is 1. The number of aliphatic carboxylic acids is 1. The van der Waals surface area contributed by atoms with E-state index in [1.807, 2.05) is 0 Å². The van der Waals surface area contributed by atoms with Gasteiger partial charge in [0, 0.05) is 6.61 Å². The number of halogens is 1. The summed E-state index contributed by atoms with van der Waals surface area (Å²) in [5, 5.41) is 16.2. The molecule has 9 heavy (non-hydrogen) atoms. The first kappa shape index (κ1) is 8.32. The standard InChI is InChI=1S/C4H8FNO3/c5-6-3(1-2-7)4(8)9/h3,6-7H,1-2H2,(H,8,9). The Bertz CT molecular complexity index is 97.8. The maximum absolute atomic E-state index is 11.4. The van der Waals surface area contributed by atoms with Gasteiger partial charge in [-0.3, -0.25) is 4.79 Å². The van der Waals surface area contributed by atoms with Crippen LogP contribution in [0.5, 0.6) is 0 Å². The molecule has 0 radical (unpaired) electrons. The van der Waals surface area contributed by atoms with Crippen molar-refractivity contribution in [2.75, 3.05) is 6.61 Å². The molecule has 1 unspecified atom stereocenters. The van der Waals surface area contributed by atoms with Gasteiger partial charge in [0.1, 0.15) is 6.04 Å². The number of hydrogen-bond donors (Lipinski definition) is 3. The van der Waals surface area contributed by atoms with E-state index in [1.165, 1.54) is 0 Å². The Balaban J connectivity index is 3.54. The number of carbonyl (C=O) groups is 1. The van der Waals surface area contributed by atoms with Crippen molar-refractivity contribution in [3.05, 3.63) is 0 Å². The van der Waals surface area contributed by atoms with E-state index in [4.69, 9.17) is 10.2 Å². The third-order valence-electron chi connectivity index (χ3n) is 0.848. The highest BCUT2D eigenvalue weighted by Crippen LogP contribution is 1.89. The zero-order valence-electron chi connectivity index (χ0n) is 4.67. The SMILES string of the molecule is O=C(O)C(CCO)NF. The minimum absolute atomic E-state index is 0.119. The van der Waals surface area contributed by atoms with Gasteiger partial charge < -0.3 is 10.2 Å². The van der Waals surface area contributed by atoms with Crippen LogP contribution in [-0.2, 0) is 4.79 Å². The van der Waals surface area contributed by atoms with E-state index in [-0.39, 0.29) is 13.0 Å². The van der Waals surface area contributed by atoms with Crippen LogP contribution < -0.4 is 5.54 Å². The molecule has 0 aliphatic heterocycles. The summed E-state index contributed by atoms with van der Waals surface area (Å²) in [5.74, 6) is -1.30. The van der Waals surface area contributed by atoms with Crippen molar-refractivity contribution >= 4 is 5.97 Å². The van der Waals surface area contributed by atoms with Crippen molar-refractivity contribution in [2.45, 2.75) is 12.5 Å². The Hall–Kier alpha value is -0.680. The van der Waals surface area contributed by atoms with Crippen LogP contribution in [-0.4, -0.2) is 28.8 Å². The molecule has 3 N–H and O–H groups in total. The highest BCUT2D eigenvalue weighted by molar-refractivity contribution is 5.73. The van der Waals surface area contributed by atoms with Crippen LogP contribution in [0.4, 0.5) is 4.48 Å². The average Bonchev–Trinajstić information content (AvgIpc) is 1.82. The number of rotatable bonds is 4. The number of aliphatic hydroxyl groups is 1. The molecule has 54 valence electrons. The largest absolute Gasteiger partial charge is 0.480 e. The van der Waals surface area contributed by atoms with Crippen LogP contribution in [0.15, 0.2) is 0 Å². The van der Waals surface area contributed by atoms with Gasteiger partial charge in [-0.15, -0.1) is 10.0 Å². The zero-order valence-corrected chi connectivity index (χ0v) is 4.67. The maximum atomic E-state index is 11.4. The first-order chi connectivity index (χ1) is 4.22. The second-order valence-electron chi connectivity index (χ2n) is 1.51. The number of carboxylic acid groups (broad SMARTS) is 1. The van der Waals surface area contributed by atoms with E-state index in [0.29, 0.717) is 0 Å². The van der Waals surface area contributed by atoms with Gasteiger partial charge in [-0.05, 0) is 6.42 Å². The second-order valence-corrected chi connectivity index (χ2v) is 1.51. The topological polar surface area (TPSA) is 69.6 Å². The monoisotopic (exact) mass is 137 g/mol. The van der Waals surface area contributed by atoms with Crippen LogP contribution in [0, 0.1) is 0 Å². The van der Waals surface area contributed by atoms with E-state index in [1.54, 1.807) is 0 Å². The third-order valence-corrected chi connectivity index (χ3v) is 0.848. The Labute approximate surface area is 51.2 Å². The third kappa shape index (κ3) is 2.99. The summed E-state index contributed by atoms with van der Waals surface area (Å²) in [4.78, 5) is 9.91. The molecule has 0 aromatic rings. The lowest BCUT2D eigenvalue weighted by atomic mass is 10.2. The summed E-state index contributed by atoms with van der Waals surface area (Å²) >= 11 is 0. The molecule has 0 heterocycles. The van der Waals surface area contributed by atoms with Crippen molar-refractivity contribution in [3.63, 3.8) is 0 Å². The molecule has 0 spiro atoms. The van der Waals surface area contributed by atoms with Crippen LogP contribution in [0.3, 0.4) is 0 Å². The van der Waals surface area contributed by atoms with Crippen molar-refractivity contribution in [1.29, 1.82) is 0 Å². The fourth-order valence-corrected chi connectivity index (χ4v) is 0.354. The Morgan fingerprint density at radius 2 is 2.33 bits per heavy atom. The molecule has 0 saturated carbocycles. The van der Waals surface area contributed by atoms with Crippen molar-refractivity contribution in [2.24, 2.45) is 0 Å². The molecule has 5 heteroatoms. The first-order valence-corrected chi connectivity index (χ1v) is 2.42. The second kappa shape index (κ2) is 4.22. The lowest BCUT2D eigenvalue weighted by Crippen LogP contribution is -2.31. The summed E-state index contributed by atoms with van der Waals surface area (Å²) < 4.78 is 11.4. The fraction of sp³-hybridized carbons (Fsp3) is 0.750. The van der Waals surface area contributed by atoms with Crippen molar-refractivity contribution < 1.29 is 19.5 Å². The summed E-state index contributed by atoms with van der Waals surface area (Å²) in [5.41, 5.74) is 1.04. The van der Waals surface area contributed by atoms with Crippen LogP contribution in [0.1, 0.15) is 6.42 Å². The molecule has 0 fully saturated rings. The van der Waals surface area contributed by atoms with Gasteiger partial charge in [0.05, 0.1) is 0 Å². The van der Waals surface area contributed by atoms with Gasteiger partial charge in [-0.25, -0.2) is 0 Å². The normalized spacial score (nSPS) is 13.1. The summed E-state index contributed by atoms with van der Waals surface area (Å²) in [6, 6.07) is -1.28. The minimum atomic E-state index is -1.30. The summed E-state index contributed by atoms with van der Waals surface area (Å²) in [7, 11) is 0. The number of nitrogens with one attached hydrogen (secondary N) is 1. The number of carboxylic acids is 1. The molecule has 0 bridgehead atoms. The van der Waals surface area contributed by atoms with Gasteiger partial charge in [0.25, 0.3) is 0 Å². The summed E-state index contributed by atoms with van der Waals surface area (Å²) in [6.45, 7) is -0.339. The lowest BCUT2D eigenvalue weighted by molar-refractivity contribution is -0.141. The van der Waals surface area contributed by atoms with Crippen molar-refractivity contribution in [3.8, 4) is 0 Å². The Morgan fingerprint density at radius 1 is 1.78 bits per heavy atom. The van der Waals surface area contributed by atoms with Crippen LogP contribution in [0.2, 0.25) is 0 Å². The molecule has 1 atom stereocenters. The average molecular weight is 137 g/mol. The molecule has 0 aromatic heterocycles. The molecule has 0 saturated heterocycles. The van der Waals surface area contributed by atoms with Crippen LogP contribution >= 0.6 is 0 Å². The molecule has 0 aliphatic rings. The van der Waals surface area contributed by atoms with E-state index >= 15 is 0 Å². The molecule has 4 nitrogen and oxygen atoms in total. The van der Waals surface area contributed by atoms with Crippen molar-refractivity contribution in [1.82, 2.24) is 5.54 Å². The fourth-order valence-electron chi connectivity index (χ4n) is 0.354. The first-order valence-electron chi connectivity index (χ1n) is 2.42. The van der Waals surface area contributed by atoms with E-state index in [9.17, 15) is 9.28 Å².